The van der Waals surface area contributed by atoms with Gasteiger partial charge in [-0.05, 0) is 224 Å². The Morgan fingerprint density at radius 2 is 0.551 bits per heavy atom. The molecule has 11 heteroatoms. The van der Waals surface area contributed by atoms with Gasteiger partial charge >= 0.3 is 0 Å². The number of pyridine rings is 8. The monoisotopic (exact) mass is 1600 g/mol. The summed E-state index contributed by atoms with van der Waals surface area (Å²) in [7, 11) is 0. The molecule has 0 bridgehead atoms. The molecule has 0 spiro atoms. The van der Waals surface area contributed by atoms with Gasteiger partial charge < -0.3 is 0 Å². The van der Waals surface area contributed by atoms with Crippen molar-refractivity contribution in [1.82, 2.24) is 39.9 Å². The lowest BCUT2D eigenvalue weighted by atomic mass is 10.0. The molecule has 13 rings (SSSR count). The van der Waals surface area contributed by atoms with Crippen LogP contribution in [0.1, 0.15) is 307 Å². The first-order chi connectivity index (χ1) is 56.5. The molecule has 630 valence electrons. The largest absolute Gasteiger partial charge is 0.265 e. The van der Waals surface area contributed by atoms with Crippen LogP contribution in [0.25, 0.3) is 22.5 Å². The summed E-state index contributed by atoms with van der Waals surface area (Å²) in [5.74, 6) is 5.46. The van der Waals surface area contributed by atoms with Crippen LogP contribution in [0.4, 0.5) is 13.2 Å². The van der Waals surface area contributed by atoms with Crippen molar-refractivity contribution in [1.29, 1.82) is 0 Å². The molecule has 5 aromatic carbocycles. The Labute approximate surface area is 712 Å². The molecule has 8 nitrogen and oxygen atoms in total. The van der Waals surface area contributed by atoms with E-state index >= 15 is 0 Å². The van der Waals surface area contributed by atoms with Crippen molar-refractivity contribution in [3.05, 3.63) is 396 Å². The summed E-state index contributed by atoms with van der Waals surface area (Å²) in [6.07, 6.45) is 22.1. The fourth-order valence-electron chi connectivity index (χ4n) is 10.1. The SMILES string of the molecule is CC.CC.CC(C)c1ccc(-c2cccnc2)nc1.CC(C)c1ccc(-c2ccncc2)nc1.CC(C)c1ccc(F)cc1.CC(C)c1cccc(F)c1.CC(C)c1ccccc1.CC(C)c1ccccc1.CC(C)c1ccccc1F.CC(C)c1ccccn1.CC(C)c1ccccn1.CC(C)c1cccnc1.CC(C)c1ccncc1. The van der Waals surface area contributed by atoms with Crippen molar-refractivity contribution in [3.8, 4) is 22.5 Å². The first-order valence-corrected chi connectivity index (χ1v) is 42.2. The Morgan fingerprint density at radius 1 is 0.203 bits per heavy atom. The predicted molar refractivity (Wildman–Crippen MR) is 502 cm³/mol. The smallest absolute Gasteiger partial charge is 0.126 e. The van der Waals surface area contributed by atoms with Gasteiger partial charge in [-0.15, -0.1) is 0 Å². The Kier molecular flexibility index (Phi) is 56.3. The van der Waals surface area contributed by atoms with Crippen molar-refractivity contribution in [2.75, 3.05) is 0 Å². The van der Waals surface area contributed by atoms with Gasteiger partial charge in [-0.2, -0.15) is 0 Å². The summed E-state index contributed by atoms with van der Waals surface area (Å²) in [6, 6.07) is 77.7. The van der Waals surface area contributed by atoms with Crippen LogP contribution >= 0.6 is 0 Å². The molecule has 8 aromatic heterocycles. The molecule has 8 heterocycles. The van der Waals surface area contributed by atoms with E-state index in [4.69, 9.17) is 0 Å². The molecule has 0 saturated heterocycles. The van der Waals surface area contributed by atoms with Gasteiger partial charge in [-0.3, -0.25) is 39.9 Å². The number of nitrogens with zero attached hydrogens (tertiary/aromatic N) is 8. The third-order valence-corrected chi connectivity index (χ3v) is 17.6. The van der Waals surface area contributed by atoms with E-state index in [0.717, 1.165) is 45.0 Å². The van der Waals surface area contributed by atoms with E-state index in [1.807, 2.05) is 219 Å². The first-order valence-electron chi connectivity index (χ1n) is 42.2. The van der Waals surface area contributed by atoms with E-state index in [-0.39, 0.29) is 23.4 Å². The van der Waals surface area contributed by atoms with E-state index in [1.165, 1.54) is 63.2 Å². The zero-order valence-electron chi connectivity index (χ0n) is 76.1. The van der Waals surface area contributed by atoms with Crippen molar-refractivity contribution >= 4 is 0 Å². The highest BCUT2D eigenvalue weighted by Gasteiger charge is 2.07. The Hall–Kier alpha value is -10.9. The van der Waals surface area contributed by atoms with Gasteiger partial charge in [-0.1, -0.05) is 313 Å². The molecule has 0 N–H and O–H groups in total. The predicted octanol–water partition coefficient (Wildman–Crippen LogP) is 31.9. The molecule has 0 atom stereocenters. The topological polar surface area (TPSA) is 103 Å². The summed E-state index contributed by atoms with van der Waals surface area (Å²) in [6.45, 7) is 55.0. The second-order valence-corrected chi connectivity index (χ2v) is 30.7. The second kappa shape index (κ2) is 63.3. The van der Waals surface area contributed by atoms with Crippen LogP contribution in [0.15, 0.2) is 317 Å². The van der Waals surface area contributed by atoms with Crippen molar-refractivity contribution in [2.45, 2.75) is 245 Å². The molecule has 0 saturated carbocycles. The second-order valence-electron chi connectivity index (χ2n) is 30.7. The van der Waals surface area contributed by atoms with E-state index in [2.05, 4.69) is 251 Å². The summed E-state index contributed by atoms with van der Waals surface area (Å²) < 4.78 is 37.7. The van der Waals surface area contributed by atoms with Crippen LogP contribution in [-0.4, -0.2) is 39.9 Å². The molecule has 0 aliphatic rings. The van der Waals surface area contributed by atoms with E-state index < -0.39 is 0 Å². The molecule has 13 aromatic rings. The van der Waals surface area contributed by atoms with E-state index in [1.54, 1.807) is 43.0 Å². The highest BCUT2D eigenvalue weighted by molar-refractivity contribution is 5.58. The van der Waals surface area contributed by atoms with Gasteiger partial charge in [0.1, 0.15) is 17.5 Å². The third-order valence-electron chi connectivity index (χ3n) is 17.6. The van der Waals surface area contributed by atoms with Crippen molar-refractivity contribution in [2.24, 2.45) is 0 Å². The minimum atomic E-state index is -0.163. The standard InChI is InChI=1S/2C13H14N2.3C9H11F.2C9H12.4C8H11N.2C2H6/c1-10(2)12-3-4-13(15-9-12)11-5-7-14-8-6-11;1-10(2)11-5-6-13(15-9-11)12-4-3-7-14-8-12;1-7(2)8-3-5-9(10)6-4-8;1-7(2)8-4-3-5-9(10)6-8;1-7(2)8-5-3-4-6-9(8)10;2*1-8(2)9-6-4-3-5-7-9;1-7(2)8-3-5-9-6-4-8;1-7(2)8-4-3-5-9-6-8;2*1-7(2)8-5-3-4-6-9-8;2*1-2/h2*3-10H,1-2H3;3*3-7H,1-2H3;2*3-8H,1-2H3;4*3-7H,1-2H3;2*1-2H3. The summed E-state index contributed by atoms with van der Waals surface area (Å²) in [5.41, 5.74) is 17.5. The summed E-state index contributed by atoms with van der Waals surface area (Å²) in [5, 5.41) is 0. The quantitative estimate of drug-likeness (QED) is 0.112. The highest BCUT2D eigenvalue weighted by atomic mass is 19.1. The van der Waals surface area contributed by atoms with E-state index in [0.29, 0.717) is 59.2 Å². The first kappa shape index (κ1) is 105. The van der Waals surface area contributed by atoms with Gasteiger partial charge in [-0.25, -0.2) is 13.2 Å². The van der Waals surface area contributed by atoms with Gasteiger partial charge in [0, 0.05) is 96.9 Å². The summed E-state index contributed by atoms with van der Waals surface area (Å²) >= 11 is 0. The Morgan fingerprint density at radius 3 is 0.847 bits per heavy atom. The number of benzene rings is 5. The van der Waals surface area contributed by atoms with Crippen LogP contribution in [0.5, 0.6) is 0 Å². The normalized spacial score (nSPS) is 10.1. The summed E-state index contributed by atoms with van der Waals surface area (Å²) in [4.78, 5) is 33.2. The average Bonchev–Trinajstić information content (AvgIpc) is 0.860. The van der Waals surface area contributed by atoms with Crippen LogP contribution in [0.2, 0.25) is 0 Å². The number of hydrogen-bond acceptors (Lipinski definition) is 8. The van der Waals surface area contributed by atoms with Gasteiger partial charge in [0.15, 0.2) is 0 Å². The fraction of sp³-hybridized carbons (Fsp3) is 0.346. The zero-order chi connectivity index (χ0) is 88.2. The minimum absolute atomic E-state index is 0.0995. The van der Waals surface area contributed by atoms with Gasteiger partial charge in [0.2, 0.25) is 0 Å². The molecule has 0 radical (unpaired) electrons. The molecular weight excluding hydrogens is 1450 g/mol. The number of aromatic nitrogens is 8. The van der Waals surface area contributed by atoms with Gasteiger partial charge in [0.05, 0.1) is 11.4 Å². The van der Waals surface area contributed by atoms with E-state index in [9.17, 15) is 13.2 Å². The minimum Gasteiger partial charge on any atom is -0.265 e. The number of halogens is 3. The Balaban J connectivity index is 0.000000650. The van der Waals surface area contributed by atoms with Crippen molar-refractivity contribution in [3.63, 3.8) is 0 Å². The number of rotatable bonds is 13. The molecule has 118 heavy (non-hydrogen) atoms. The third kappa shape index (κ3) is 46.7. The maximum absolute atomic E-state index is 12.8. The average molecular weight is 1600 g/mol. The number of hydrogen-bond donors (Lipinski definition) is 0. The molecule has 0 aliphatic heterocycles. The molecule has 0 unspecified atom stereocenters. The lowest BCUT2D eigenvalue weighted by molar-refractivity contribution is 0.598. The molecule has 0 fully saturated rings. The van der Waals surface area contributed by atoms with Crippen molar-refractivity contribution < 1.29 is 13.2 Å². The lowest BCUT2D eigenvalue weighted by Crippen LogP contribution is -1.90. The fourth-order valence-corrected chi connectivity index (χ4v) is 10.1. The highest BCUT2D eigenvalue weighted by Crippen LogP contribution is 2.23. The van der Waals surface area contributed by atoms with Crippen LogP contribution in [0.3, 0.4) is 0 Å². The Bertz CT molecular complexity index is 4030. The van der Waals surface area contributed by atoms with Gasteiger partial charge in [0.25, 0.3) is 0 Å². The van der Waals surface area contributed by atoms with Crippen LogP contribution < -0.4 is 0 Å². The van der Waals surface area contributed by atoms with Crippen LogP contribution in [-0.2, 0) is 0 Å². The molecule has 0 amide bonds. The lowest BCUT2D eigenvalue weighted by Gasteiger charge is -2.05. The maximum Gasteiger partial charge on any atom is 0.126 e. The zero-order valence-corrected chi connectivity index (χ0v) is 76.1. The molecular formula is C107H141F3N8. The van der Waals surface area contributed by atoms with Crippen LogP contribution in [0, 0.1) is 17.5 Å². The maximum atomic E-state index is 12.8. The molecule has 0 aliphatic carbocycles.